The molecule has 1 heterocycles. The standard InChI is InChI=1S/C20H41N5.HI/c1-6-21-19(22-14-18-15-24(4)11-12-25(18)5)23-16-20(13-17(2)3)9-7-8-10-20;/h17-18H,6-16H2,1-5H3,(H2,21,22,23);1H. The van der Waals surface area contributed by atoms with E-state index in [-0.39, 0.29) is 24.0 Å². The van der Waals surface area contributed by atoms with Crippen LogP contribution in [0.25, 0.3) is 0 Å². The molecule has 2 N–H and O–H groups in total. The third kappa shape index (κ3) is 7.50. The average Bonchev–Trinajstić information content (AvgIpc) is 3.01. The van der Waals surface area contributed by atoms with Crippen LogP contribution in [-0.4, -0.2) is 75.2 Å². The van der Waals surface area contributed by atoms with Crippen molar-refractivity contribution in [3.05, 3.63) is 0 Å². The zero-order valence-corrected chi connectivity index (χ0v) is 20.0. The molecule has 1 aliphatic carbocycles. The van der Waals surface area contributed by atoms with Crippen LogP contribution in [0.1, 0.15) is 52.9 Å². The molecule has 0 bridgehead atoms. The van der Waals surface area contributed by atoms with Crippen LogP contribution < -0.4 is 10.6 Å². The largest absolute Gasteiger partial charge is 0.357 e. The summed E-state index contributed by atoms with van der Waals surface area (Å²) in [5.74, 6) is 1.76. The maximum Gasteiger partial charge on any atom is 0.191 e. The molecule has 2 aliphatic rings. The van der Waals surface area contributed by atoms with E-state index in [0.29, 0.717) is 11.5 Å². The van der Waals surface area contributed by atoms with E-state index in [1.807, 2.05) is 0 Å². The molecule has 0 spiro atoms. The fourth-order valence-corrected chi connectivity index (χ4v) is 4.54. The van der Waals surface area contributed by atoms with Crippen molar-refractivity contribution in [2.75, 3.05) is 53.4 Å². The lowest BCUT2D eigenvalue weighted by molar-refractivity contribution is 0.116. The van der Waals surface area contributed by atoms with Gasteiger partial charge in [0.2, 0.25) is 0 Å². The smallest absolute Gasteiger partial charge is 0.191 e. The van der Waals surface area contributed by atoms with Gasteiger partial charge in [-0.1, -0.05) is 26.7 Å². The van der Waals surface area contributed by atoms with Crippen molar-refractivity contribution < 1.29 is 0 Å². The van der Waals surface area contributed by atoms with Gasteiger partial charge in [-0.2, -0.15) is 0 Å². The van der Waals surface area contributed by atoms with Crippen molar-refractivity contribution >= 4 is 29.9 Å². The number of aliphatic imine (C=N–C) groups is 1. The van der Waals surface area contributed by atoms with Crippen LogP contribution in [0.15, 0.2) is 4.99 Å². The molecule has 1 saturated heterocycles. The molecule has 1 unspecified atom stereocenters. The maximum atomic E-state index is 5.01. The molecule has 0 amide bonds. The highest BCUT2D eigenvalue weighted by Gasteiger charge is 2.34. The van der Waals surface area contributed by atoms with Crippen LogP contribution in [0.5, 0.6) is 0 Å². The molecule has 1 saturated carbocycles. The average molecular weight is 479 g/mol. The van der Waals surface area contributed by atoms with Gasteiger partial charge in [-0.05, 0) is 51.6 Å². The number of likely N-dealkylation sites (N-methyl/N-ethyl adjacent to an activating group) is 2. The van der Waals surface area contributed by atoms with Gasteiger partial charge in [-0.15, -0.1) is 24.0 Å². The molecular formula is C20H42IN5. The number of nitrogens with one attached hydrogen (secondary N) is 2. The lowest BCUT2D eigenvalue weighted by atomic mass is 9.78. The summed E-state index contributed by atoms with van der Waals surface area (Å²) in [7, 11) is 4.45. The summed E-state index contributed by atoms with van der Waals surface area (Å²) in [5.41, 5.74) is 0.443. The third-order valence-corrected chi connectivity index (χ3v) is 5.91. The highest BCUT2D eigenvalue weighted by atomic mass is 127. The number of nitrogens with zero attached hydrogens (tertiary/aromatic N) is 3. The topological polar surface area (TPSA) is 42.9 Å². The summed E-state index contributed by atoms with van der Waals surface area (Å²) in [5, 5.41) is 7.06. The summed E-state index contributed by atoms with van der Waals surface area (Å²) in [4.78, 5) is 9.90. The minimum Gasteiger partial charge on any atom is -0.357 e. The van der Waals surface area contributed by atoms with Crippen molar-refractivity contribution in [1.29, 1.82) is 0 Å². The van der Waals surface area contributed by atoms with Crippen molar-refractivity contribution in [1.82, 2.24) is 20.4 Å². The second kappa shape index (κ2) is 11.7. The Labute approximate surface area is 178 Å². The van der Waals surface area contributed by atoms with E-state index in [1.54, 1.807) is 0 Å². The molecule has 0 aromatic carbocycles. The predicted molar refractivity (Wildman–Crippen MR) is 124 cm³/mol. The molecule has 2 fully saturated rings. The Morgan fingerprint density at radius 2 is 1.85 bits per heavy atom. The van der Waals surface area contributed by atoms with E-state index in [9.17, 15) is 0 Å². The normalized spacial score (nSPS) is 24.5. The minimum absolute atomic E-state index is 0. The Kier molecular flexibility index (Phi) is 10.8. The minimum atomic E-state index is 0. The van der Waals surface area contributed by atoms with E-state index in [1.165, 1.54) is 38.6 Å². The van der Waals surface area contributed by atoms with Gasteiger partial charge in [0.25, 0.3) is 0 Å². The number of halogens is 1. The number of piperazine rings is 1. The highest BCUT2D eigenvalue weighted by molar-refractivity contribution is 14.0. The van der Waals surface area contributed by atoms with Gasteiger partial charge in [-0.3, -0.25) is 9.89 Å². The molecule has 154 valence electrons. The monoisotopic (exact) mass is 479 g/mol. The lowest BCUT2D eigenvalue weighted by Gasteiger charge is -2.38. The van der Waals surface area contributed by atoms with Crippen LogP contribution in [-0.2, 0) is 0 Å². The summed E-state index contributed by atoms with van der Waals surface area (Å²) in [6.45, 7) is 13.1. The third-order valence-electron chi connectivity index (χ3n) is 5.91. The Morgan fingerprint density at radius 1 is 1.15 bits per heavy atom. The van der Waals surface area contributed by atoms with Gasteiger partial charge >= 0.3 is 0 Å². The molecular weight excluding hydrogens is 437 g/mol. The molecule has 6 heteroatoms. The fraction of sp³-hybridized carbons (Fsp3) is 0.950. The summed E-state index contributed by atoms with van der Waals surface area (Å²) < 4.78 is 0. The van der Waals surface area contributed by atoms with E-state index in [4.69, 9.17) is 4.99 Å². The second-order valence-corrected chi connectivity index (χ2v) is 8.78. The SMILES string of the molecule is CCNC(=NCC1(CC(C)C)CCCC1)NCC1CN(C)CCN1C.I. The predicted octanol–water partition coefficient (Wildman–Crippen LogP) is 3.01. The maximum absolute atomic E-state index is 5.01. The Morgan fingerprint density at radius 3 is 2.46 bits per heavy atom. The second-order valence-electron chi connectivity index (χ2n) is 8.78. The quantitative estimate of drug-likeness (QED) is 0.335. The molecule has 1 atom stereocenters. The van der Waals surface area contributed by atoms with Crippen LogP contribution in [0.4, 0.5) is 0 Å². The summed E-state index contributed by atoms with van der Waals surface area (Å²) in [6.07, 6.45) is 6.78. The van der Waals surface area contributed by atoms with Gasteiger partial charge in [0, 0.05) is 45.3 Å². The number of hydrogen-bond donors (Lipinski definition) is 2. The van der Waals surface area contributed by atoms with Crippen LogP contribution in [0, 0.1) is 11.3 Å². The summed E-state index contributed by atoms with van der Waals surface area (Å²) in [6, 6.07) is 0.554. The van der Waals surface area contributed by atoms with E-state index in [0.717, 1.165) is 44.6 Å². The highest BCUT2D eigenvalue weighted by Crippen LogP contribution is 2.43. The van der Waals surface area contributed by atoms with Crippen molar-refractivity contribution in [3.8, 4) is 0 Å². The lowest BCUT2D eigenvalue weighted by Crippen LogP contribution is -2.55. The van der Waals surface area contributed by atoms with Crippen LogP contribution >= 0.6 is 24.0 Å². The molecule has 0 radical (unpaired) electrons. The summed E-state index contributed by atoms with van der Waals surface area (Å²) >= 11 is 0. The van der Waals surface area contributed by atoms with E-state index in [2.05, 4.69) is 55.3 Å². The first-order valence-electron chi connectivity index (χ1n) is 10.3. The first-order chi connectivity index (χ1) is 11.9. The zero-order chi connectivity index (χ0) is 18.3. The van der Waals surface area contributed by atoms with Gasteiger partial charge in [0.1, 0.15) is 0 Å². The van der Waals surface area contributed by atoms with Crippen LogP contribution in [0.3, 0.4) is 0 Å². The van der Waals surface area contributed by atoms with Gasteiger partial charge in [0.15, 0.2) is 5.96 Å². The van der Waals surface area contributed by atoms with E-state index >= 15 is 0 Å². The molecule has 0 aromatic rings. The fourth-order valence-electron chi connectivity index (χ4n) is 4.54. The Bertz CT molecular complexity index is 420. The van der Waals surface area contributed by atoms with E-state index < -0.39 is 0 Å². The first-order valence-corrected chi connectivity index (χ1v) is 10.3. The van der Waals surface area contributed by atoms with Crippen molar-refractivity contribution in [2.45, 2.75) is 58.9 Å². The number of rotatable bonds is 7. The molecule has 26 heavy (non-hydrogen) atoms. The molecule has 2 rings (SSSR count). The zero-order valence-electron chi connectivity index (χ0n) is 17.7. The van der Waals surface area contributed by atoms with Crippen molar-refractivity contribution in [3.63, 3.8) is 0 Å². The number of hydrogen-bond acceptors (Lipinski definition) is 3. The Balaban J connectivity index is 0.00000338. The molecule has 0 aromatic heterocycles. The number of guanidine groups is 1. The van der Waals surface area contributed by atoms with Gasteiger partial charge in [-0.25, -0.2) is 0 Å². The van der Waals surface area contributed by atoms with Crippen LogP contribution in [0.2, 0.25) is 0 Å². The van der Waals surface area contributed by atoms with Crippen molar-refractivity contribution in [2.24, 2.45) is 16.3 Å². The molecule has 5 nitrogen and oxygen atoms in total. The first kappa shape index (κ1) is 24.0. The Hall–Kier alpha value is -0.0800. The van der Waals surface area contributed by atoms with Gasteiger partial charge in [0.05, 0.1) is 0 Å². The molecule has 1 aliphatic heterocycles. The van der Waals surface area contributed by atoms with Gasteiger partial charge < -0.3 is 15.5 Å².